The largest absolute Gasteiger partial charge is 0.392 e. The standard InChI is InChI=1S/C24H20N2O2S/c1-14-6-7-17(13-25-14)24-26-20-9-8-16(11-23(20)29-24)21(27)12-19-18-5-3-2-4-15(18)10-22(19)28/h2-9,11,13,19,22,28H,10,12H2,1H3/t19-,22-/m1/s1. The minimum atomic E-state index is -0.496. The average molecular weight is 401 g/mol. The fourth-order valence-corrected chi connectivity index (χ4v) is 5.03. The van der Waals surface area contributed by atoms with E-state index in [0.29, 0.717) is 18.4 Å². The Bertz CT molecular complexity index is 1210. The first kappa shape index (κ1) is 18.2. The second-order valence-corrected chi connectivity index (χ2v) is 8.62. The van der Waals surface area contributed by atoms with Crippen LogP contribution in [-0.4, -0.2) is 27.0 Å². The van der Waals surface area contributed by atoms with Gasteiger partial charge in [-0.3, -0.25) is 9.78 Å². The SMILES string of the molecule is Cc1ccc(-c2nc3ccc(C(=O)C[C@@H]4c5ccccc5C[C@H]4O)cc3s2)cn1. The van der Waals surface area contributed by atoms with Gasteiger partial charge in [0.15, 0.2) is 5.78 Å². The van der Waals surface area contributed by atoms with Gasteiger partial charge in [0.1, 0.15) is 5.01 Å². The summed E-state index contributed by atoms with van der Waals surface area (Å²) in [4.78, 5) is 22.0. The molecule has 2 aromatic heterocycles. The van der Waals surface area contributed by atoms with Gasteiger partial charge in [-0.25, -0.2) is 4.98 Å². The number of aryl methyl sites for hydroxylation is 1. The number of hydrogen-bond acceptors (Lipinski definition) is 5. The molecule has 144 valence electrons. The number of carbonyl (C=O) groups is 1. The number of benzene rings is 2. The Kier molecular flexibility index (Phi) is 4.49. The van der Waals surface area contributed by atoms with Crippen molar-refractivity contribution < 1.29 is 9.90 Å². The molecule has 0 fully saturated rings. The van der Waals surface area contributed by atoms with Crippen molar-refractivity contribution in [3.05, 3.63) is 83.2 Å². The van der Waals surface area contributed by atoms with Gasteiger partial charge in [-0.2, -0.15) is 0 Å². The summed E-state index contributed by atoms with van der Waals surface area (Å²) in [5, 5.41) is 11.4. The van der Waals surface area contributed by atoms with Crippen LogP contribution in [0.4, 0.5) is 0 Å². The van der Waals surface area contributed by atoms with Gasteiger partial charge >= 0.3 is 0 Å². The Balaban J connectivity index is 1.42. The summed E-state index contributed by atoms with van der Waals surface area (Å²) in [6.45, 7) is 1.96. The molecule has 1 aliphatic rings. The lowest BCUT2D eigenvalue weighted by Gasteiger charge is -2.15. The molecule has 1 aliphatic carbocycles. The summed E-state index contributed by atoms with van der Waals surface area (Å²) in [6, 6.07) is 17.7. The van der Waals surface area contributed by atoms with E-state index in [2.05, 4.69) is 9.97 Å². The molecule has 0 spiro atoms. The monoisotopic (exact) mass is 400 g/mol. The van der Waals surface area contributed by atoms with Crippen LogP contribution in [0.5, 0.6) is 0 Å². The van der Waals surface area contributed by atoms with E-state index in [0.717, 1.165) is 37.6 Å². The third-order valence-corrected chi connectivity index (χ3v) is 6.69. The molecule has 0 unspecified atom stereocenters. The molecule has 0 saturated carbocycles. The first-order valence-electron chi connectivity index (χ1n) is 9.71. The number of fused-ring (bicyclic) bond motifs is 2. The third-order valence-electron chi connectivity index (χ3n) is 5.62. The average Bonchev–Trinajstić information content (AvgIpc) is 3.29. The maximum Gasteiger partial charge on any atom is 0.163 e. The molecule has 5 heteroatoms. The maximum atomic E-state index is 13.0. The van der Waals surface area contributed by atoms with Gasteiger partial charge in [-0.1, -0.05) is 24.3 Å². The van der Waals surface area contributed by atoms with E-state index in [1.165, 1.54) is 0 Å². The van der Waals surface area contributed by atoms with Crippen LogP contribution in [0.25, 0.3) is 20.8 Å². The van der Waals surface area contributed by atoms with E-state index in [-0.39, 0.29) is 11.7 Å². The summed E-state index contributed by atoms with van der Waals surface area (Å²) in [5.41, 5.74) is 5.75. The first-order valence-corrected chi connectivity index (χ1v) is 10.5. The van der Waals surface area contributed by atoms with E-state index >= 15 is 0 Å². The van der Waals surface area contributed by atoms with E-state index in [4.69, 9.17) is 0 Å². The van der Waals surface area contributed by atoms with Crippen LogP contribution in [0.3, 0.4) is 0 Å². The molecule has 5 rings (SSSR count). The molecule has 0 amide bonds. The lowest BCUT2D eigenvalue weighted by atomic mass is 9.92. The fraction of sp³-hybridized carbons (Fsp3) is 0.208. The number of pyridine rings is 1. The van der Waals surface area contributed by atoms with Crippen LogP contribution in [0.2, 0.25) is 0 Å². The summed E-state index contributed by atoms with van der Waals surface area (Å²) in [5.74, 6) is -0.0790. The molecule has 2 heterocycles. The molecule has 0 saturated heterocycles. The number of carbonyl (C=O) groups excluding carboxylic acids is 1. The van der Waals surface area contributed by atoms with Gasteiger partial charge in [0.2, 0.25) is 0 Å². The smallest absolute Gasteiger partial charge is 0.163 e. The molecule has 0 aliphatic heterocycles. The molecule has 2 aromatic carbocycles. The predicted octanol–water partition coefficient (Wildman–Crippen LogP) is 4.94. The normalized spacial score (nSPS) is 18.1. The van der Waals surface area contributed by atoms with Crippen molar-refractivity contribution in [2.24, 2.45) is 0 Å². The molecule has 4 aromatic rings. The second-order valence-electron chi connectivity index (χ2n) is 7.59. The number of hydrogen-bond donors (Lipinski definition) is 1. The van der Waals surface area contributed by atoms with Crippen LogP contribution >= 0.6 is 11.3 Å². The molecule has 0 bridgehead atoms. The maximum absolute atomic E-state index is 13.0. The van der Waals surface area contributed by atoms with Gasteiger partial charge in [-0.15, -0.1) is 11.3 Å². The predicted molar refractivity (Wildman–Crippen MR) is 115 cm³/mol. The van der Waals surface area contributed by atoms with Crippen LogP contribution in [0.15, 0.2) is 60.8 Å². The zero-order valence-electron chi connectivity index (χ0n) is 16.0. The highest BCUT2D eigenvalue weighted by Crippen LogP contribution is 2.37. The molecule has 1 N–H and O–H groups in total. The third kappa shape index (κ3) is 3.37. The number of thiazole rings is 1. The highest BCUT2D eigenvalue weighted by molar-refractivity contribution is 7.21. The number of Topliss-reactive ketones (excluding diaryl/α,β-unsaturated/α-hetero) is 1. The van der Waals surface area contributed by atoms with Gasteiger partial charge in [-0.05, 0) is 54.8 Å². The lowest BCUT2D eigenvalue weighted by molar-refractivity contribution is 0.0921. The van der Waals surface area contributed by atoms with Crippen LogP contribution in [0.1, 0.15) is 39.5 Å². The molecular weight excluding hydrogens is 380 g/mol. The van der Waals surface area contributed by atoms with E-state index in [9.17, 15) is 9.90 Å². The van der Waals surface area contributed by atoms with Crippen molar-refractivity contribution in [2.75, 3.05) is 0 Å². The summed E-state index contributed by atoms with van der Waals surface area (Å²) >= 11 is 1.57. The topological polar surface area (TPSA) is 63.1 Å². The van der Waals surface area contributed by atoms with E-state index in [1.807, 2.05) is 67.7 Å². The number of ketones is 1. The van der Waals surface area contributed by atoms with Gasteiger partial charge in [0.05, 0.1) is 16.3 Å². The van der Waals surface area contributed by atoms with Gasteiger partial charge < -0.3 is 5.11 Å². The minimum absolute atomic E-state index is 0.0552. The quantitative estimate of drug-likeness (QED) is 0.493. The number of aliphatic hydroxyl groups excluding tert-OH is 1. The molecule has 2 atom stereocenters. The van der Waals surface area contributed by atoms with Gasteiger partial charge in [0.25, 0.3) is 0 Å². The van der Waals surface area contributed by atoms with Gasteiger partial charge in [0, 0.05) is 35.4 Å². The fourth-order valence-electron chi connectivity index (χ4n) is 4.04. The Morgan fingerprint density at radius 3 is 2.86 bits per heavy atom. The van der Waals surface area contributed by atoms with Crippen molar-refractivity contribution in [2.45, 2.75) is 31.8 Å². The Morgan fingerprint density at radius 1 is 1.17 bits per heavy atom. The van der Waals surface area contributed by atoms with Crippen LogP contribution in [-0.2, 0) is 6.42 Å². The van der Waals surface area contributed by atoms with Crippen molar-refractivity contribution in [1.29, 1.82) is 0 Å². The minimum Gasteiger partial charge on any atom is -0.392 e. The second kappa shape index (κ2) is 7.17. The van der Waals surface area contributed by atoms with E-state index in [1.54, 1.807) is 11.3 Å². The van der Waals surface area contributed by atoms with Crippen molar-refractivity contribution in [1.82, 2.24) is 9.97 Å². The Morgan fingerprint density at radius 2 is 2.03 bits per heavy atom. The number of aliphatic hydroxyl groups is 1. The summed E-state index contributed by atoms with van der Waals surface area (Å²) < 4.78 is 0.985. The highest BCUT2D eigenvalue weighted by atomic mass is 32.1. The highest BCUT2D eigenvalue weighted by Gasteiger charge is 2.32. The van der Waals surface area contributed by atoms with Crippen molar-refractivity contribution in [3.63, 3.8) is 0 Å². The lowest BCUT2D eigenvalue weighted by Crippen LogP contribution is -2.17. The number of rotatable bonds is 4. The Hall–Kier alpha value is -2.89. The molecule has 4 nitrogen and oxygen atoms in total. The zero-order valence-corrected chi connectivity index (χ0v) is 16.8. The molecule has 0 radical (unpaired) electrons. The summed E-state index contributed by atoms with van der Waals surface area (Å²) in [7, 11) is 0. The Labute approximate surface area is 172 Å². The van der Waals surface area contributed by atoms with Crippen LogP contribution < -0.4 is 0 Å². The molecule has 29 heavy (non-hydrogen) atoms. The number of nitrogens with zero attached hydrogens (tertiary/aromatic N) is 2. The van der Waals surface area contributed by atoms with Crippen molar-refractivity contribution >= 4 is 27.3 Å². The zero-order chi connectivity index (χ0) is 20.0. The van der Waals surface area contributed by atoms with E-state index < -0.39 is 6.10 Å². The van der Waals surface area contributed by atoms with Crippen LogP contribution in [0, 0.1) is 6.92 Å². The first-order chi connectivity index (χ1) is 14.1. The summed E-state index contributed by atoms with van der Waals surface area (Å²) in [6.07, 6.45) is 2.27. The van der Waals surface area contributed by atoms with Crippen molar-refractivity contribution in [3.8, 4) is 10.6 Å². The number of aromatic nitrogens is 2. The molecular formula is C24H20N2O2S.